The maximum Gasteiger partial charge on any atom is 0.245 e. The smallest absolute Gasteiger partial charge is 0.245 e. The molecule has 1 aliphatic rings. The van der Waals surface area contributed by atoms with Crippen LogP contribution in [0.5, 0.6) is 5.75 Å². The average Bonchev–Trinajstić information content (AvgIpc) is 2.89. The minimum atomic E-state index is 0.111. The monoisotopic (exact) mass is 260 g/mol. The number of piperidine rings is 1. The van der Waals surface area contributed by atoms with Crippen molar-refractivity contribution in [2.24, 2.45) is 5.73 Å². The van der Waals surface area contributed by atoms with Gasteiger partial charge in [0.25, 0.3) is 0 Å². The van der Waals surface area contributed by atoms with E-state index in [1.807, 2.05) is 0 Å². The Morgan fingerprint density at radius 3 is 2.84 bits per heavy atom. The van der Waals surface area contributed by atoms with E-state index in [0.29, 0.717) is 17.3 Å². The molecular formula is C12H16N6O. The molecule has 0 aliphatic carbocycles. The van der Waals surface area contributed by atoms with Crippen molar-refractivity contribution < 1.29 is 5.11 Å². The van der Waals surface area contributed by atoms with Crippen molar-refractivity contribution in [1.82, 2.24) is 20.2 Å². The summed E-state index contributed by atoms with van der Waals surface area (Å²) >= 11 is 0. The topological polar surface area (TPSA) is 104 Å². The number of aromatic nitrogens is 4. The molecule has 0 spiro atoms. The Morgan fingerprint density at radius 2 is 2.11 bits per heavy atom. The number of rotatable bonds is 2. The van der Waals surface area contributed by atoms with Crippen LogP contribution in [0.1, 0.15) is 12.8 Å². The van der Waals surface area contributed by atoms with Gasteiger partial charge in [-0.3, -0.25) is 10.1 Å². The molecule has 2 aromatic heterocycles. The van der Waals surface area contributed by atoms with Gasteiger partial charge in [0.2, 0.25) is 5.95 Å². The number of pyridine rings is 1. The zero-order chi connectivity index (χ0) is 13.2. The van der Waals surface area contributed by atoms with E-state index in [2.05, 4.69) is 25.1 Å². The van der Waals surface area contributed by atoms with Gasteiger partial charge in [0.15, 0.2) is 5.82 Å². The SMILES string of the molecule is NC1CCN(c2n[nH]c(-c3cncc(O)c3)n2)CC1. The number of nitrogens with two attached hydrogens (primary N) is 1. The predicted molar refractivity (Wildman–Crippen MR) is 70.7 cm³/mol. The first-order valence-electron chi connectivity index (χ1n) is 6.30. The second-order valence-corrected chi connectivity index (χ2v) is 4.74. The first-order chi connectivity index (χ1) is 9.22. The van der Waals surface area contributed by atoms with Crippen molar-refractivity contribution in [3.05, 3.63) is 18.5 Å². The first kappa shape index (κ1) is 11.9. The van der Waals surface area contributed by atoms with Gasteiger partial charge in [0.1, 0.15) is 5.75 Å². The molecule has 1 fully saturated rings. The lowest BCUT2D eigenvalue weighted by molar-refractivity contribution is 0.473. The van der Waals surface area contributed by atoms with Gasteiger partial charge in [-0.1, -0.05) is 0 Å². The number of hydrogen-bond acceptors (Lipinski definition) is 6. The molecule has 0 aromatic carbocycles. The average molecular weight is 260 g/mol. The van der Waals surface area contributed by atoms with Crippen LogP contribution in [-0.4, -0.2) is 44.4 Å². The minimum absolute atomic E-state index is 0.111. The zero-order valence-electron chi connectivity index (χ0n) is 10.5. The van der Waals surface area contributed by atoms with E-state index in [9.17, 15) is 5.11 Å². The van der Waals surface area contributed by atoms with Gasteiger partial charge in [-0.25, -0.2) is 0 Å². The molecule has 4 N–H and O–H groups in total. The Labute approximate surface area is 110 Å². The van der Waals surface area contributed by atoms with Gasteiger partial charge in [-0.2, -0.15) is 4.98 Å². The lowest BCUT2D eigenvalue weighted by atomic mass is 10.1. The maximum absolute atomic E-state index is 9.41. The minimum Gasteiger partial charge on any atom is -0.506 e. The van der Waals surface area contributed by atoms with Crippen LogP contribution in [0.4, 0.5) is 5.95 Å². The van der Waals surface area contributed by atoms with E-state index in [-0.39, 0.29) is 11.8 Å². The van der Waals surface area contributed by atoms with Gasteiger partial charge in [0, 0.05) is 30.9 Å². The summed E-state index contributed by atoms with van der Waals surface area (Å²) < 4.78 is 0. The fourth-order valence-electron chi connectivity index (χ4n) is 2.18. The Balaban J connectivity index is 1.80. The molecule has 2 aromatic rings. The van der Waals surface area contributed by atoms with Crippen LogP contribution in [0.2, 0.25) is 0 Å². The molecule has 0 saturated carbocycles. The van der Waals surface area contributed by atoms with Crippen LogP contribution in [0.3, 0.4) is 0 Å². The Kier molecular flexibility index (Phi) is 3.04. The molecule has 0 bridgehead atoms. The highest BCUT2D eigenvalue weighted by Crippen LogP contribution is 2.21. The Morgan fingerprint density at radius 1 is 1.32 bits per heavy atom. The number of nitrogens with zero attached hydrogens (tertiary/aromatic N) is 4. The van der Waals surface area contributed by atoms with Gasteiger partial charge < -0.3 is 15.7 Å². The van der Waals surface area contributed by atoms with E-state index in [1.165, 1.54) is 6.20 Å². The van der Waals surface area contributed by atoms with Gasteiger partial charge in [-0.05, 0) is 18.9 Å². The van der Waals surface area contributed by atoms with E-state index < -0.39 is 0 Å². The van der Waals surface area contributed by atoms with Gasteiger partial charge >= 0.3 is 0 Å². The molecule has 3 heterocycles. The molecule has 0 amide bonds. The standard InChI is InChI=1S/C12H16N6O/c13-9-1-3-18(4-2-9)12-15-11(16-17-12)8-5-10(19)7-14-6-8/h5-7,9,19H,1-4,13H2,(H,15,16,17). The molecule has 0 radical (unpaired) electrons. The maximum atomic E-state index is 9.41. The molecule has 1 saturated heterocycles. The third-order valence-corrected chi connectivity index (χ3v) is 3.29. The number of H-pyrrole nitrogens is 1. The van der Waals surface area contributed by atoms with Crippen molar-refractivity contribution >= 4 is 5.95 Å². The third kappa shape index (κ3) is 2.50. The van der Waals surface area contributed by atoms with Crippen molar-refractivity contribution in [2.45, 2.75) is 18.9 Å². The predicted octanol–water partition coefficient (Wildman–Crippen LogP) is 0.500. The summed E-state index contributed by atoms with van der Waals surface area (Å²) in [6.07, 6.45) is 4.93. The quantitative estimate of drug-likeness (QED) is 0.726. The Hall–Kier alpha value is -2.15. The van der Waals surface area contributed by atoms with Crippen LogP contribution in [-0.2, 0) is 0 Å². The second-order valence-electron chi connectivity index (χ2n) is 4.74. The third-order valence-electron chi connectivity index (χ3n) is 3.29. The van der Waals surface area contributed by atoms with Crippen LogP contribution >= 0.6 is 0 Å². The number of aromatic amines is 1. The van der Waals surface area contributed by atoms with Crippen molar-refractivity contribution in [2.75, 3.05) is 18.0 Å². The fraction of sp³-hybridized carbons (Fsp3) is 0.417. The van der Waals surface area contributed by atoms with E-state index in [0.717, 1.165) is 25.9 Å². The zero-order valence-corrected chi connectivity index (χ0v) is 10.5. The summed E-state index contributed by atoms with van der Waals surface area (Å²) in [4.78, 5) is 10.5. The van der Waals surface area contributed by atoms with Gasteiger partial charge in [-0.15, -0.1) is 5.10 Å². The largest absolute Gasteiger partial charge is 0.506 e. The highest BCUT2D eigenvalue weighted by molar-refractivity contribution is 5.56. The summed E-state index contributed by atoms with van der Waals surface area (Å²) in [7, 11) is 0. The normalized spacial score (nSPS) is 16.8. The lowest BCUT2D eigenvalue weighted by Crippen LogP contribution is -2.40. The summed E-state index contributed by atoms with van der Waals surface area (Å²) in [5, 5.41) is 16.5. The summed E-state index contributed by atoms with van der Waals surface area (Å²) in [5.41, 5.74) is 6.59. The highest BCUT2D eigenvalue weighted by atomic mass is 16.3. The molecule has 7 nitrogen and oxygen atoms in total. The molecule has 7 heteroatoms. The fourth-order valence-corrected chi connectivity index (χ4v) is 2.18. The van der Waals surface area contributed by atoms with E-state index in [1.54, 1.807) is 12.3 Å². The Bertz CT molecular complexity index is 561. The van der Waals surface area contributed by atoms with Crippen LogP contribution < -0.4 is 10.6 Å². The van der Waals surface area contributed by atoms with Crippen LogP contribution in [0.25, 0.3) is 11.4 Å². The summed E-state index contributed by atoms with van der Waals surface area (Å²) in [6.45, 7) is 1.74. The summed E-state index contributed by atoms with van der Waals surface area (Å²) in [6, 6.07) is 1.88. The molecule has 1 aliphatic heterocycles. The molecular weight excluding hydrogens is 244 g/mol. The van der Waals surface area contributed by atoms with Crippen molar-refractivity contribution in [3.63, 3.8) is 0 Å². The number of aromatic hydroxyl groups is 1. The van der Waals surface area contributed by atoms with Gasteiger partial charge in [0.05, 0.1) is 6.20 Å². The molecule has 19 heavy (non-hydrogen) atoms. The number of nitrogens with one attached hydrogen (secondary N) is 1. The molecule has 100 valence electrons. The van der Waals surface area contributed by atoms with E-state index in [4.69, 9.17) is 5.73 Å². The highest BCUT2D eigenvalue weighted by Gasteiger charge is 2.19. The van der Waals surface area contributed by atoms with E-state index >= 15 is 0 Å². The second kappa shape index (κ2) is 4.85. The lowest BCUT2D eigenvalue weighted by Gasteiger charge is -2.28. The molecule has 0 unspecified atom stereocenters. The number of anilines is 1. The first-order valence-corrected chi connectivity index (χ1v) is 6.30. The summed E-state index contributed by atoms with van der Waals surface area (Å²) in [5.74, 6) is 1.39. The van der Waals surface area contributed by atoms with Crippen molar-refractivity contribution in [3.8, 4) is 17.1 Å². The molecule has 0 atom stereocenters. The molecule has 3 rings (SSSR count). The van der Waals surface area contributed by atoms with Crippen LogP contribution in [0, 0.1) is 0 Å². The van der Waals surface area contributed by atoms with Crippen molar-refractivity contribution in [1.29, 1.82) is 0 Å². The van der Waals surface area contributed by atoms with Crippen LogP contribution in [0.15, 0.2) is 18.5 Å². The number of hydrogen-bond donors (Lipinski definition) is 3.